The van der Waals surface area contributed by atoms with E-state index in [0.29, 0.717) is 12.0 Å². The van der Waals surface area contributed by atoms with Crippen molar-refractivity contribution in [2.24, 2.45) is 0 Å². The van der Waals surface area contributed by atoms with E-state index in [1.807, 2.05) is 6.08 Å². The first kappa shape index (κ1) is 27.6. The summed E-state index contributed by atoms with van der Waals surface area (Å²) in [6.07, 6.45) is 26.1. The minimum Gasteiger partial charge on any atom is -0.449 e. The van der Waals surface area contributed by atoms with Crippen molar-refractivity contribution in [3.8, 4) is 0 Å². The summed E-state index contributed by atoms with van der Waals surface area (Å²) in [5.41, 5.74) is -0.448. The van der Waals surface area contributed by atoms with Gasteiger partial charge in [-0.3, -0.25) is 4.79 Å². The summed E-state index contributed by atoms with van der Waals surface area (Å²) in [5, 5.41) is 9.61. The fourth-order valence-electron chi connectivity index (χ4n) is 4.13. The molecule has 0 aliphatic carbocycles. The van der Waals surface area contributed by atoms with Crippen molar-refractivity contribution in [1.82, 2.24) is 0 Å². The molecule has 31 heavy (non-hydrogen) atoms. The Bertz CT molecular complexity index is 564. The quantitative estimate of drug-likeness (QED) is 0.135. The van der Waals surface area contributed by atoms with E-state index in [1.54, 1.807) is 0 Å². The maximum absolute atomic E-state index is 12.1. The van der Waals surface area contributed by atoms with Crippen LogP contribution in [0.2, 0.25) is 0 Å². The molecule has 0 aromatic carbocycles. The van der Waals surface area contributed by atoms with Crippen LogP contribution in [0.5, 0.6) is 0 Å². The van der Waals surface area contributed by atoms with Crippen LogP contribution in [0.3, 0.4) is 0 Å². The molecule has 1 aliphatic rings. The van der Waals surface area contributed by atoms with Gasteiger partial charge in [-0.05, 0) is 31.9 Å². The molecule has 1 fully saturated rings. The number of carbonyl (C=O) groups is 2. The van der Waals surface area contributed by atoms with Crippen LogP contribution >= 0.6 is 0 Å². The predicted octanol–water partition coefficient (Wildman–Crippen LogP) is 7.00. The summed E-state index contributed by atoms with van der Waals surface area (Å²) in [4.78, 5) is 23.2. The van der Waals surface area contributed by atoms with Gasteiger partial charge in [0.25, 0.3) is 0 Å². The van der Waals surface area contributed by atoms with Crippen LogP contribution in [0.25, 0.3) is 0 Å². The Hall–Kier alpha value is -1.42. The van der Waals surface area contributed by atoms with Gasteiger partial charge in [-0.15, -0.1) is 0 Å². The molecule has 1 aliphatic heterocycles. The van der Waals surface area contributed by atoms with Crippen LogP contribution in [-0.2, 0) is 14.3 Å². The largest absolute Gasteiger partial charge is 0.449 e. The van der Waals surface area contributed by atoms with E-state index in [4.69, 9.17) is 4.74 Å². The number of allylic oxidation sites excluding steroid dienone is 2. The molecule has 1 saturated heterocycles. The van der Waals surface area contributed by atoms with Crippen LogP contribution in [0, 0.1) is 0 Å². The number of ketones is 1. The molecule has 4 heteroatoms. The van der Waals surface area contributed by atoms with Crippen molar-refractivity contribution in [1.29, 1.82) is 0 Å². The molecule has 1 heterocycles. The Labute approximate surface area is 190 Å². The van der Waals surface area contributed by atoms with E-state index in [0.717, 1.165) is 12.8 Å². The van der Waals surface area contributed by atoms with Crippen molar-refractivity contribution in [2.75, 3.05) is 6.61 Å². The van der Waals surface area contributed by atoms with Crippen LogP contribution in [0.1, 0.15) is 123 Å². The molecule has 1 N–H and O–H groups in total. The lowest BCUT2D eigenvalue weighted by atomic mass is 9.96. The minimum absolute atomic E-state index is 0.126. The van der Waals surface area contributed by atoms with E-state index in [1.165, 1.54) is 109 Å². The van der Waals surface area contributed by atoms with Gasteiger partial charge in [0.05, 0.1) is 6.61 Å². The summed E-state index contributed by atoms with van der Waals surface area (Å²) in [5.74, 6) is -0.498. The number of esters is 1. The van der Waals surface area contributed by atoms with Gasteiger partial charge in [0.2, 0.25) is 0 Å². The third-order valence-corrected chi connectivity index (χ3v) is 6.14. The zero-order valence-electron chi connectivity index (χ0n) is 20.1. The normalized spacial score (nSPS) is 20.1. The molecule has 1 rings (SSSR count). The van der Waals surface area contributed by atoms with Gasteiger partial charge in [-0.25, -0.2) is 4.79 Å². The highest BCUT2D eigenvalue weighted by molar-refractivity contribution is 5.92. The van der Waals surface area contributed by atoms with Crippen LogP contribution in [0.4, 0.5) is 0 Å². The summed E-state index contributed by atoms with van der Waals surface area (Å²) in [6, 6.07) is 0. The van der Waals surface area contributed by atoms with E-state index in [-0.39, 0.29) is 18.4 Å². The lowest BCUT2D eigenvalue weighted by Gasteiger charge is -2.19. The molecule has 178 valence electrons. The van der Waals surface area contributed by atoms with Crippen molar-refractivity contribution in [3.05, 3.63) is 23.8 Å². The van der Waals surface area contributed by atoms with E-state index >= 15 is 0 Å². The molecular weight excluding hydrogens is 388 g/mol. The number of hydrogen-bond donors (Lipinski definition) is 1. The van der Waals surface area contributed by atoms with Gasteiger partial charge >= 0.3 is 5.97 Å². The third-order valence-electron chi connectivity index (χ3n) is 6.14. The Morgan fingerprint density at radius 2 is 1.39 bits per heavy atom. The van der Waals surface area contributed by atoms with Gasteiger partial charge in [-0.1, -0.05) is 103 Å². The molecule has 0 saturated carbocycles. The molecule has 0 aromatic heterocycles. The zero-order valence-corrected chi connectivity index (χ0v) is 20.1. The van der Waals surface area contributed by atoms with Crippen LogP contribution in [0.15, 0.2) is 23.8 Å². The number of aliphatic hydroxyl groups excluding tert-OH is 1. The summed E-state index contributed by atoms with van der Waals surface area (Å²) < 4.78 is 5.34. The van der Waals surface area contributed by atoms with Gasteiger partial charge in [0.1, 0.15) is 0 Å². The number of hydrogen-bond acceptors (Lipinski definition) is 4. The average molecular weight is 435 g/mol. The van der Waals surface area contributed by atoms with Crippen molar-refractivity contribution < 1.29 is 19.4 Å². The molecule has 1 atom stereocenters. The minimum atomic E-state index is -1.07. The Kier molecular flexibility index (Phi) is 15.3. The van der Waals surface area contributed by atoms with Crippen molar-refractivity contribution in [3.63, 3.8) is 0 Å². The van der Waals surface area contributed by atoms with E-state index < -0.39 is 5.60 Å². The summed E-state index contributed by atoms with van der Waals surface area (Å²) >= 11 is 0. The highest BCUT2D eigenvalue weighted by atomic mass is 16.6. The third kappa shape index (κ3) is 12.9. The predicted molar refractivity (Wildman–Crippen MR) is 128 cm³/mol. The number of cyclic esters (lactones) is 1. The Morgan fingerprint density at radius 1 is 0.903 bits per heavy atom. The molecule has 0 radical (unpaired) electrons. The first-order valence-corrected chi connectivity index (χ1v) is 12.8. The van der Waals surface area contributed by atoms with E-state index in [2.05, 4.69) is 6.92 Å². The second kappa shape index (κ2) is 17.2. The van der Waals surface area contributed by atoms with Gasteiger partial charge < -0.3 is 9.84 Å². The molecule has 0 spiro atoms. The highest BCUT2D eigenvalue weighted by Crippen LogP contribution is 2.32. The summed E-state index contributed by atoms with van der Waals surface area (Å²) in [7, 11) is 0. The Balaban J connectivity index is 2.02. The Morgan fingerprint density at radius 3 is 1.84 bits per heavy atom. The summed E-state index contributed by atoms with van der Waals surface area (Å²) in [6.45, 7) is 3.40. The molecule has 1 unspecified atom stereocenters. The van der Waals surface area contributed by atoms with Crippen molar-refractivity contribution in [2.45, 2.75) is 129 Å². The second-order valence-electron chi connectivity index (χ2n) is 9.20. The van der Waals surface area contributed by atoms with Gasteiger partial charge in [0.15, 0.2) is 11.4 Å². The highest BCUT2D eigenvalue weighted by Gasteiger charge is 2.41. The zero-order chi connectivity index (χ0) is 22.8. The smallest absolute Gasteiger partial charge is 0.334 e. The first-order valence-electron chi connectivity index (χ1n) is 12.8. The topological polar surface area (TPSA) is 63.6 Å². The van der Waals surface area contributed by atoms with Crippen LogP contribution in [-0.4, -0.2) is 29.1 Å². The average Bonchev–Trinajstić information content (AvgIpc) is 3.08. The fraction of sp³-hybridized carbons (Fsp3) is 0.778. The SMILES string of the molecule is CCCCCCCCCCCCCCCCC/C=C1\CC(/C=C/C(C)=O)(CO)OC1=O. The van der Waals surface area contributed by atoms with E-state index in [9.17, 15) is 14.7 Å². The lowest BCUT2D eigenvalue weighted by Crippen LogP contribution is -2.30. The maximum atomic E-state index is 12.1. The standard InChI is InChI=1S/C27H46O4/c1-3-4-5-6-7-8-9-10-11-12-13-14-15-16-17-18-19-25-22-27(23-28,31-26(25)30)21-20-24(2)29/h19-21,28H,3-18,22-23H2,1-2H3/b21-20+,25-19+. The number of aliphatic hydroxyl groups is 1. The van der Waals surface area contributed by atoms with Gasteiger partial charge in [0, 0.05) is 12.0 Å². The number of carbonyl (C=O) groups excluding carboxylic acids is 2. The first-order chi connectivity index (χ1) is 15.0. The number of rotatable bonds is 19. The van der Waals surface area contributed by atoms with Gasteiger partial charge in [-0.2, -0.15) is 0 Å². The molecule has 0 aromatic rings. The maximum Gasteiger partial charge on any atom is 0.334 e. The second-order valence-corrected chi connectivity index (χ2v) is 9.20. The number of ether oxygens (including phenoxy) is 1. The molecule has 4 nitrogen and oxygen atoms in total. The monoisotopic (exact) mass is 434 g/mol. The number of unbranched alkanes of at least 4 members (excludes halogenated alkanes) is 15. The van der Waals surface area contributed by atoms with Crippen molar-refractivity contribution >= 4 is 11.8 Å². The molecule has 0 amide bonds. The molecule has 0 bridgehead atoms. The fourth-order valence-corrected chi connectivity index (χ4v) is 4.13. The molecular formula is C27H46O4. The van der Waals surface area contributed by atoms with Crippen LogP contribution < -0.4 is 0 Å². The lowest BCUT2D eigenvalue weighted by molar-refractivity contribution is -0.145.